The van der Waals surface area contributed by atoms with Crippen molar-refractivity contribution in [3.05, 3.63) is 29.8 Å². The summed E-state index contributed by atoms with van der Waals surface area (Å²) < 4.78 is 0. The van der Waals surface area contributed by atoms with Gasteiger partial charge in [0.2, 0.25) is 0 Å². The van der Waals surface area contributed by atoms with Crippen LogP contribution in [0.25, 0.3) is 0 Å². The lowest BCUT2D eigenvalue weighted by Crippen LogP contribution is -2.40. The summed E-state index contributed by atoms with van der Waals surface area (Å²) >= 11 is 0. The summed E-state index contributed by atoms with van der Waals surface area (Å²) in [4.78, 5) is 16.5. The highest BCUT2D eigenvalue weighted by Crippen LogP contribution is 2.13. The number of carbonyl (C=O) groups is 1. The Bertz CT molecular complexity index is 509. The lowest BCUT2D eigenvalue weighted by Gasteiger charge is -2.20. The molecule has 1 aliphatic rings. The molecule has 0 spiro atoms. The Morgan fingerprint density at radius 3 is 2.48 bits per heavy atom. The summed E-state index contributed by atoms with van der Waals surface area (Å²) in [5.41, 5.74) is 2.52. The lowest BCUT2D eigenvalue weighted by molar-refractivity contribution is 0.235. The van der Waals surface area contributed by atoms with Gasteiger partial charge in [-0.05, 0) is 62.4 Å². The average molecular weight is 347 g/mol. The maximum Gasteiger partial charge on any atom is 0.314 e. The Morgan fingerprint density at radius 2 is 1.84 bits per heavy atom. The van der Waals surface area contributed by atoms with E-state index in [1.165, 1.54) is 37.2 Å². The standard InChI is InChI=1S/C20H34N4O/c1-17(16-24-13-4-5-14-24)15-22-20(25)21-12-6-7-18-8-10-19(11-9-18)23(2)3/h8-11,17H,4-7,12-16H2,1-3H3,(H2,21,22,25). The zero-order valence-corrected chi connectivity index (χ0v) is 16.1. The first-order chi connectivity index (χ1) is 12.0. The molecule has 1 saturated heterocycles. The van der Waals surface area contributed by atoms with Crippen LogP contribution in [0.2, 0.25) is 0 Å². The lowest BCUT2D eigenvalue weighted by atomic mass is 10.1. The predicted molar refractivity (Wildman–Crippen MR) is 105 cm³/mol. The smallest absolute Gasteiger partial charge is 0.314 e. The van der Waals surface area contributed by atoms with E-state index in [9.17, 15) is 4.79 Å². The van der Waals surface area contributed by atoms with Crippen molar-refractivity contribution in [3.63, 3.8) is 0 Å². The van der Waals surface area contributed by atoms with E-state index in [-0.39, 0.29) is 6.03 Å². The first-order valence-electron chi connectivity index (χ1n) is 9.55. The van der Waals surface area contributed by atoms with Crippen LogP contribution >= 0.6 is 0 Å². The normalized spacial score (nSPS) is 15.8. The maximum atomic E-state index is 11.9. The van der Waals surface area contributed by atoms with E-state index in [2.05, 4.69) is 51.6 Å². The molecular weight excluding hydrogens is 312 g/mol. The van der Waals surface area contributed by atoms with E-state index >= 15 is 0 Å². The third-order valence-corrected chi connectivity index (χ3v) is 4.76. The van der Waals surface area contributed by atoms with E-state index in [0.717, 1.165) is 25.9 Å². The van der Waals surface area contributed by atoms with Gasteiger partial charge in [-0.15, -0.1) is 0 Å². The third-order valence-electron chi connectivity index (χ3n) is 4.76. The Morgan fingerprint density at radius 1 is 1.16 bits per heavy atom. The molecule has 25 heavy (non-hydrogen) atoms. The monoisotopic (exact) mass is 346 g/mol. The highest BCUT2D eigenvalue weighted by molar-refractivity contribution is 5.73. The number of hydrogen-bond donors (Lipinski definition) is 2. The van der Waals surface area contributed by atoms with Crippen LogP contribution in [0.15, 0.2) is 24.3 Å². The number of nitrogens with one attached hydrogen (secondary N) is 2. The molecule has 140 valence electrons. The molecule has 0 aliphatic carbocycles. The van der Waals surface area contributed by atoms with Gasteiger partial charge in [-0.3, -0.25) is 0 Å². The molecule has 1 aliphatic heterocycles. The molecule has 5 nitrogen and oxygen atoms in total. The molecular formula is C20H34N4O. The molecule has 0 aromatic heterocycles. The summed E-state index contributed by atoms with van der Waals surface area (Å²) in [5, 5.41) is 5.95. The third kappa shape index (κ3) is 7.34. The summed E-state index contributed by atoms with van der Waals surface area (Å²) in [5.74, 6) is 0.499. The van der Waals surface area contributed by atoms with Gasteiger partial charge in [-0.2, -0.15) is 0 Å². The molecule has 0 saturated carbocycles. The van der Waals surface area contributed by atoms with Crippen molar-refractivity contribution in [2.45, 2.75) is 32.6 Å². The molecule has 2 amide bonds. The van der Waals surface area contributed by atoms with Crippen molar-refractivity contribution in [1.29, 1.82) is 0 Å². The minimum Gasteiger partial charge on any atom is -0.378 e. The number of likely N-dealkylation sites (tertiary alicyclic amines) is 1. The van der Waals surface area contributed by atoms with Crippen molar-refractivity contribution >= 4 is 11.7 Å². The van der Waals surface area contributed by atoms with Crippen LogP contribution in [-0.4, -0.2) is 57.8 Å². The van der Waals surface area contributed by atoms with Crippen LogP contribution in [0.1, 0.15) is 31.7 Å². The summed E-state index contributed by atoms with van der Waals surface area (Å²) in [6.07, 6.45) is 4.58. The fraction of sp³-hybridized carbons (Fsp3) is 0.650. The number of nitrogens with zero attached hydrogens (tertiary/aromatic N) is 2. The van der Waals surface area contributed by atoms with Gasteiger partial charge < -0.3 is 20.4 Å². The molecule has 2 rings (SSSR count). The van der Waals surface area contributed by atoms with E-state index in [4.69, 9.17) is 0 Å². The largest absolute Gasteiger partial charge is 0.378 e. The fourth-order valence-corrected chi connectivity index (χ4v) is 3.26. The highest BCUT2D eigenvalue weighted by Gasteiger charge is 2.14. The summed E-state index contributed by atoms with van der Waals surface area (Å²) in [6.45, 7) is 7.17. The molecule has 1 heterocycles. The quantitative estimate of drug-likeness (QED) is 0.676. The number of aryl methyl sites for hydroxylation is 1. The molecule has 1 aromatic carbocycles. The molecule has 0 radical (unpaired) electrons. The van der Waals surface area contributed by atoms with Crippen LogP contribution in [-0.2, 0) is 6.42 Å². The molecule has 1 atom stereocenters. The Kier molecular flexibility index (Phi) is 8.06. The van der Waals surface area contributed by atoms with Gasteiger partial charge in [0.25, 0.3) is 0 Å². The number of urea groups is 1. The Hall–Kier alpha value is -1.75. The van der Waals surface area contributed by atoms with Crippen molar-refractivity contribution < 1.29 is 4.79 Å². The first-order valence-corrected chi connectivity index (χ1v) is 9.55. The number of hydrogen-bond acceptors (Lipinski definition) is 3. The van der Waals surface area contributed by atoms with Crippen LogP contribution in [0.5, 0.6) is 0 Å². The second kappa shape index (κ2) is 10.3. The van der Waals surface area contributed by atoms with Gasteiger partial charge in [0.15, 0.2) is 0 Å². The van der Waals surface area contributed by atoms with E-state index in [0.29, 0.717) is 12.5 Å². The van der Waals surface area contributed by atoms with E-state index in [1.807, 2.05) is 14.1 Å². The van der Waals surface area contributed by atoms with Gasteiger partial charge in [-0.1, -0.05) is 19.1 Å². The average Bonchev–Trinajstić information content (AvgIpc) is 3.10. The fourth-order valence-electron chi connectivity index (χ4n) is 3.26. The molecule has 1 aromatic rings. The molecule has 1 fully saturated rings. The maximum absolute atomic E-state index is 11.9. The molecule has 0 bridgehead atoms. The summed E-state index contributed by atoms with van der Waals surface area (Å²) in [7, 11) is 4.09. The number of anilines is 1. The van der Waals surface area contributed by atoms with Crippen molar-refractivity contribution in [1.82, 2.24) is 15.5 Å². The zero-order chi connectivity index (χ0) is 18.1. The second-order valence-corrected chi connectivity index (χ2v) is 7.41. The Labute approximate surface area is 152 Å². The number of carbonyl (C=O) groups excluding carboxylic acids is 1. The number of benzene rings is 1. The topological polar surface area (TPSA) is 47.6 Å². The second-order valence-electron chi connectivity index (χ2n) is 7.41. The molecule has 2 N–H and O–H groups in total. The highest BCUT2D eigenvalue weighted by atomic mass is 16.2. The van der Waals surface area contributed by atoms with E-state index < -0.39 is 0 Å². The van der Waals surface area contributed by atoms with Gasteiger partial charge >= 0.3 is 6.03 Å². The van der Waals surface area contributed by atoms with Crippen LogP contribution < -0.4 is 15.5 Å². The Balaban J connectivity index is 1.54. The van der Waals surface area contributed by atoms with Gasteiger partial charge in [0.05, 0.1) is 0 Å². The molecule has 1 unspecified atom stereocenters. The van der Waals surface area contributed by atoms with Crippen molar-refractivity contribution in [2.24, 2.45) is 5.92 Å². The van der Waals surface area contributed by atoms with Crippen molar-refractivity contribution in [2.75, 3.05) is 51.7 Å². The van der Waals surface area contributed by atoms with Gasteiger partial charge in [0.1, 0.15) is 0 Å². The van der Waals surface area contributed by atoms with Crippen LogP contribution in [0.3, 0.4) is 0 Å². The van der Waals surface area contributed by atoms with E-state index in [1.54, 1.807) is 0 Å². The summed E-state index contributed by atoms with van der Waals surface area (Å²) in [6, 6.07) is 8.55. The number of amides is 2. The SMILES string of the molecule is CC(CNC(=O)NCCCc1ccc(N(C)C)cc1)CN1CCCC1. The van der Waals surface area contributed by atoms with Crippen LogP contribution in [0.4, 0.5) is 10.5 Å². The van der Waals surface area contributed by atoms with Crippen LogP contribution in [0, 0.1) is 5.92 Å². The predicted octanol–water partition coefficient (Wildman–Crippen LogP) is 2.72. The minimum absolute atomic E-state index is 0.0452. The van der Waals surface area contributed by atoms with Gasteiger partial charge in [0, 0.05) is 39.4 Å². The minimum atomic E-state index is -0.0452. The number of rotatable bonds is 9. The molecule has 5 heteroatoms. The zero-order valence-electron chi connectivity index (χ0n) is 16.1. The van der Waals surface area contributed by atoms with Gasteiger partial charge in [-0.25, -0.2) is 4.79 Å². The first kappa shape index (κ1) is 19.6. The van der Waals surface area contributed by atoms with Crippen molar-refractivity contribution in [3.8, 4) is 0 Å².